The van der Waals surface area contributed by atoms with Gasteiger partial charge in [0.2, 0.25) is 11.9 Å². The van der Waals surface area contributed by atoms with Crippen LogP contribution in [-0.2, 0) is 4.74 Å². The van der Waals surface area contributed by atoms with Crippen LogP contribution in [0.1, 0.15) is 33.1 Å². The van der Waals surface area contributed by atoms with E-state index in [4.69, 9.17) is 15.2 Å². The summed E-state index contributed by atoms with van der Waals surface area (Å²) in [7, 11) is 0. The Balaban J connectivity index is 2.34. The summed E-state index contributed by atoms with van der Waals surface area (Å²) < 4.78 is 10.7. The van der Waals surface area contributed by atoms with E-state index in [1.807, 2.05) is 6.92 Å². The Morgan fingerprint density at radius 3 is 2.63 bits per heavy atom. The molecule has 0 radical (unpaired) electrons. The number of anilines is 2. The lowest BCUT2D eigenvalue weighted by molar-refractivity contribution is 0.141. The van der Waals surface area contributed by atoms with Gasteiger partial charge in [0.1, 0.15) is 0 Å². The van der Waals surface area contributed by atoms with E-state index < -0.39 is 0 Å². The van der Waals surface area contributed by atoms with Crippen molar-refractivity contribution in [3.8, 4) is 6.01 Å². The molecule has 1 aromatic heterocycles. The molecular formula is C12H23N5O2. The maximum absolute atomic E-state index is 5.59. The average molecular weight is 269 g/mol. The standard InChI is InChI=1S/C12H23N5O2/c1-3-5-8-18-9-6-14-11-15-10(13)16-12(17-11)19-7-4-2/h3-9H2,1-2H3,(H3,13,14,15,16,17). The van der Waals surface area contributed by atoms with Crippen molar-refractivity contribution in [1.82, 2.24) is 15.0 Å². The second kappa shape index (κ2) is 9.32. The van der Waals surface area contributed by atoms with Crippen LogP contribution in [0.2, 0.25) is 0 Å². The van der Waals surface area contributed by atoms with Gasteiger partial charge in [-0.2, -0.15) is 15.0 Å². The normalized spacial score (nSPS) is 10.4. The first-order valence-electron chi connectivity index (χ1n) is 6.72. The zero-order valence-corrected chi connectivity index (χ0v) is 11.7. The lowest BCUT2D eigenvalue weighted by Crippen LogP contribution is -2.14. The van der Waals surface area contributed by atoms with Crippen molar-refractivity contribution in [3.05, 3.63) is 0 Å². The highest BCUT2D eigenvalue weighted by Crippen LogP contribution is 2.08. The number of nitrogens with zero attached hydrogens (tertiary/aromatic N) is 3. The molecule has 108 valence electrons. The first kappa shape index (κ1) is 15.4. The van der Waals surface area contributed by atoms with Crippen molar-refractivity contribution < 1.29 is 9.47 Å². The third-order valence-corrected chi connectivity index (χ3v) is 2.24. The summed E-state index contributed by atoms with van der Waals surface area (Å²) in [5, 5.41) is 3.03. The van der Waals surface area contributed by atoms with Crippen molar-refractivity contribution in [2.24, 2.45) is 0 Å². The van der Waals surface area contributed by atoms with E-state index in [0.717, 1.165) is 25.9 Å². The van der Waals surface area contributed by atoms with Gasteiger partial charge < -0.3 is 20.5 Å². The smallest absolute Gasteiger partial charge is 0.323 e. The van der Waals surface area contributed by atoms with Crippen molar-refractivity contribution in [2.75, 3.05) is 37.4 Å². The summed E-state index contributed by atoms with van der Waals surface area (Å²) >= 11 is 0. The fourth-order valence-electron chi connectivity index (χ4n) is 1.29. The Hall–Kier alpha value is -1.63. The molecule has 0 fully saturated rings. The molecule has 0 atom stereocenters. The molecule has 0 unspecified atom stereocenters. The summed E-state index contributed by atoms with van der Waals surface area (Å²) in [6.45, 7) is 6.72. The topological polar surface area (TPSA) is 95.2 Å². The van der Waals surface area contributed by atoms with Crippen LogP contribution >= 0.6 is 0 Å². The average Bonchev–Trinajstić information content (AvgIpc) is 2.40. The van der Waals surface area contributed by atoms with Gasteiger partial charge in [-0.1, -0.05) is 20.3 Å². The summed E-state index contributed by atoms with van der Waals surface area (Å²) in [5.74, 6) is 0.563. The number of hydrogen-bond donors (Lipinski definition) is 2. The summed E-state index contributed by atoms with van der Waals surface area (Å²) in [6, 6.07) is 0.253. The van der Waals surface area contributed by atoms with Crippen molar-refractivity contribution in [2.45, 2.75) is 33.1 Å². The molecule has 3 N–H and O–H groups in total. The molecule has 19 heavy (non-hydrogen) atoms. The Labute approximate surface area is 113 Å². The molecule has 0 spiro atoms. The van der Waals surface area contributed by atoms with Crippen LogP contribution in [0.4, 0.5) is 11.9 Å². The number of rotatable bonds is 10. The van der Waals surface area contributed by atoms with Crippen molar-refractivity contribution >= 4 is 11.9 Å². The van der Waals surface area contributed by atoms with Gasteiger partial charge in [0.15, 0.2) is 0 Å². The maximum atomic E-state index is 5.59. The highest BCUT2D eigenvalue weighted by Gasteiger charge is 2.04. The van der Waals surface area contributed by atoms with Gasteiger partial charge >= 0.3 is 6.01 Å². The quantitative estimate of drug-likeness (QED) is 0.621. The minimum atomic E-state index is 0.149. The number of ether oxygens (including phenoxy) is 2. The van der Waals surface area contributed by atoms with E-state index in [0.29, 0.717) is 25.7 Å². The molecule has 7 nitrogen and oxygen atoms in total. The van der Waals surface area contributed by atoms with Gasteiger partial charge in [-0.3, -0.25) is 0 Å². The second-order valence-corrected chi connectivity index (χ2v) is 4.04. The predicted molar refractivity (Wildman–Crippen MR) is 74.2 cm³/mol. The van der Waals surface area contributed by atoms with Crippen molar-refractivity contribution in [3.63, 3.8) is 0 Å². The zero-order chi connectivity index (χ0) is 13.9. The lowest BCUT2D eigenvalue weighted by Gasteiger charge is -2.08. The zero-order valence-electron chi connectivity index (χ0n) is 11.7. The molecule has 0 saturated heterocycles. The number of aromatic nitrogens is 3. The Morgan fingerprint density at radius 2 is 1.89 bits per heavy atom. The fraction of sp³-hybridized carbons (Fsp3) is 0.750. The number of nitrogen functional groups attached to an aromatic ring is 1. The number of unbranched alkanes of at least 4 members (excludes halogenated alkanes) is 1. The molecule has 0 bridgehead atoms. The van der Waals surface area contributed by atoms with E-state index in [2.05, 4.69) is 27.2 Å². The fourth-order valence-corrected chi connectivity index (χ4v) is 1.29. The second-order valence-electron chi connectivity index (χ2n) is 4.04. The van der Waals surface area contributed by atoms with Crippen LogP contribution in [0.5, 0.6) is 6.01 Å². The predicted octanol–water partition coefficient (Wildman–Crippen LogP) is 1.47. The minimum Gasteiger partial charge on any atom is -0.463 e. The monoisotopic (exact) mass is 269 g/mol. The van der Waals surface area contributed by atoms with Crippen LogP contribution in [0.15, 0.2) is 0 Å². The molecule has 0 aliphatic rings. The number of nitrogens with two attached hydrogens (primary N) is 1. The van der Waals surface area contributed by atoms with E-state index >= 15 is 0 Å². The SMILES string of the molecule is CCCCOCCNc1nc(N)nc(OCCC)n1. The minimum absolute atomic E-state index is 0.149. The summed E-state index contributed by atoms with van der Waals surface area (Å²) in [5.41, 5.74) is 5.59. The third kappa shape index (κ3) is 6.76. The molecule has 1 rings (SSSR count). The van der Waals surface area contributed by atoms with Crippen LogP contribution < -0.4 is 15.8 Å². The van der Waals surface area contributed by atoms with Crippen LogP contribution in [0.3, 0.4) is 0 Å². The molecule has 0 aromatic carbocycles. The Bertz CT molecular complexity index is 362. The highest BCUT2D eigenvalue weighted by atomic mass is 16.5. The van der Waals surface area contributed by atoms with Crippen LogP contribution in [-0.4, -0.2) is 41.3 Å². The van der Waals surface area contributed by atoms with Crippen LogP contribution in [0.25, 0.3) is 0 Å². The first-order valence-corrected chi connectivity index (χ1v) is 6.72. The van der Waals surface area contributed by atoms with Gasteiger partial charge in [0.25, 0.3) is 0 Å². The largest absolute Gasteiger partial charge is 0.463 e. The molecule has 0 aliphatic carbocycles. The Morgan fingerprint density at radius 1 is 1.05 bits per heavy atom. The molecule has 0 saturated carbocycles. The lowest BCUT2D eigenvalue weighted by atomic mass is 10.4. The van der Waals surface area contributed by atoms with Gasteiger partial charge in [-0.05, 0) is 12.8 Å². The molecule has 0 aliphatic heterocycles. The third-order valence-electron chi connectivity index (χ3n) is 2.24. The van der Waals surface area contributed by atoms with E-state index in [-0.39, 0.29) is 12.0 Å². The number of nitrogens with one attached hydrogen (secondary N) is 1. The number of hydrogen-bond acceptors (Lipinski definition) is 7. The summed E-state index contributed by atoms with van der Waals surface area (Å²) in [4.78, 5) is 12.0. The Kier molecular flexibility index (Phi) is 7.57. The van der Waals surface area contributed by atoms with Gasteiger partial charge in [0.05, 0.1) is 13.2 Å². The molecule has 7 heteroatoms. The van der Waals surface area contributed by atoms with Gasteiger partial charge in [-0.15, -0.1) is 0 Å². The van der Waals surface area contributed by atoms with Crippen LogP contribution in [0, 0.1) is 0 Å². The molecular weight excluding hydrogens is 246 g/mol. The molecule has 0 amide bonds. The van der Waals surface area contributed by atoms with E-state index in [1.54, 1.807) is 0 Å². The maximum Gasteiger partial charge on any atom is 0.323 e. The van der Waals surface area contributed by atoms with E-state index in [1.165, 1.54) is 0 Å². The molecule has 1 aromatic rings. The summed E-state index contributed by atoms with van der Waals surface area (Å²) in [6.07, 6.45) is 3.10. The van der Waals surface area contributed by atoms with E-state index in [9.17, 15) is 0 Å². The van der Waals surface area contributed by atoms with Crippen molar-refractivity contribution in [1.29, 1.82) is 0 Å². The van der Waals surface area contributed by atoms with Gasteiger partial charge in [-0.25, -0.2) is 0 Å². The van der Waals surface area contributed by atoms with Gasteiger partial charge in [0, 0.05) is 13.2 Å². The highest BCUT2D eigenvalue weighted by molar-refractivity contribution is 5.32. The first-order chi connectivity index (χ1) is 9.26. The molecule has 1 heterocycles.